The second-order valence-electron chi connectivity index (χ2n) is 4.42. The normalized spacial score (nSPS) is 12.8. The van der Waals surface area contributed by atoms with E-state index in [1.807, 2.05) is 20.8 Å². The molecule has 0 aliphatic heterocycles. The lowest BCUT2D eigenvalue weighted by Gasteiger charge is -2.25. The molecule has 5 heteroatoms. The zero-order chi connectivity index (χ0) is 12.6. The van der Waals surface area contributed by atoms with E-state index in [1.165, 1.54) is 12.1 Å². The standard InChI is InChI=1S/C11H16NO3S/c1-4-11(2,3)9-6-5-8(12)7-10(9)16(13,14)15/h5-7,12H,4H2,1-3H3,(H,13,14,15). The second-order valence-corrected chi connectivity index (χ2v) is 5.81. The van der Waals surface area contributed by atoms with Gasteiger partial charge in [-0.3, -0.25) is 4.55 Å². The molecule has 0 aliphatic carbocycles. The third kappa shape index (κ3) is 2.54. The quantitative estimate of drug-likeness (QED) is 0.827. The minimum atomic E-state index is -4.27. The Balaban J connectivity index is 3.53. The molecule has 2 N–H and O–H groups in total. The van der Waals surface area contributed by atoms with Crippen LogP contribution in [0.1, 0.15) is 32.8 Å². The third-order valence-electron chi connectivity index (χ3n) is 2.87. The number of nitrogens with one attached hydrogen (secondary N) is 1. The van der Waals surface area contributed by atoms with E-state index >= 15 is 0 Å². The van der Waals surface area contributed by atoms with Crippen molar-refractivity contribution in [3.8, 4) is 0 Å². The first-order valence-corrected chi connectivity index (χ1v) is 6.46. The summed E-state index contributed by atoms with van der Waals surface area (Å²) in [7, 11) is -4.27. The van der Waals surface area contributed by atoms with E-state index in [-0.39, 0.29) is 16.0 Å². The molecule has 0 aliphatic rings. The molecule has 0 spiro atoms. The predicted molar refractivity (Wildman–Crippen MR) is 62.3 cm³/mol. The Morgan fingerprint density at radius 2 is 1.94 bits per heavy atom. The average Bonchev–Trinajstić information content (AvgIpc) is 2.16. The van der Waals surface area contributed by atoms with Gasteiger partial charge in [-0.25, -0.2) is 0 Å². The fourth-order valence-corrected chi connectivity index (χ4v) is 2.38. The van der Waals surface area contributed by atoms with E-state index in [9.17, 15) is 8.42 Å². The number of rotatable bonds is 3. The summed E-state index contributed by atoms with van der Waals surface area (Å²) in [6.45, 7) is 5.75. The Morgan fingerprint density at radius 3 is 2.38 bits per heavy atom. The largest absolute Gasteiger partial charge is 0.301 e. The van der Waals surface area contributed by atoms with Crippen molar-refractivity contribution >= 4 is 15.8 Å². The summed E-state index contributed by atoms with van der Waals surface area (Å²) in [5, 5.41) is 0. The van der Waals surface area contributed by atoms with E-state index in [2.05, 4.69) is 0 Å². The first-order valence-electron chi connectivity index (χ1n) is 5.02. The highest BCUT2D eigenvalue weighted by molar-refractivity contribution is 7.85. The molecule has 0 aromatic heterocycles. The van der Waals surface area contributed by atoms with Gasteiger partial charge in [-0.05, 0) is 29.5 Å². The van der Waals surface area contributed by atoms with Gasteiger partial charge in [0, 0.05) is 0 Å². The molecule has 1 aromatic rings. The van der Waals surface area contributed by atoms with Gasteiger partial charge in [0.1, 0.15) is 0 Å². The van der Waals surface area contributed by atoms with E-state index in [4.69, 9.17) is 10.3 Å². The number of hydrogen-bond donors (Lipinski definition) is 1. The Morgan fingerprint density at radius 1 is 1.38 bits per heavy atom. The molecule has 0 unspecified atom stereocenters. The molecule has 16 heavy (non-hydrogen) atoms. The molecule has 1 radical (unpaired) electrons. The minimum Gasteiger partial charge on any atom is -0.301 e. The fourth-order valence-electron chi connectivity index (χ4n) is 1.49. The summed E-state index contributed by atoms with van der Waals surface area (Å²) in [5.74, 6) is 0. The second kappa shape index (κ2) is 4.07. The van der Waals surface area contributed by atoms with Crippen molar-refractivity contribution in [3.63, 3.8) is 0 Å². The number of hydrogen-bond acceptors (Lipinski definition) is 2. The van der Waals surface area contributed by atoms with Gasteiger partial charge in [-0.15, -0.1) is 0 Å². The van der Waals surface area contributed by atoms with Gasteiger partial charge in [0.15, 0.2) is 0 Å². The summed E-state index contributed by atoms with van der Waals surface area (Å²) in [6.07, 6.45) is 0.743. The van der Waals surface area contributed by atoms with Gasteiger partial charge in [0.05, 0.1) is 10.6 Å². The lowest BCUT2D eigenvalue weighted by Crippen LogP contribution is -2.19. The van der Waals surface area contributed by atoms with Crippen LogP contribution in [0.2, 0.25) is 0 Å². The van der Waals surface area contributed by atoms with Gasteiger partial charge < -0.3 is 5.73 Å². The SMILES string of the molecule is CCC(C)(C)c1ccc([NH])cc1S(=O)(=O)O. The number of benzene rings is 1. The van der Waals surface area contributed by atoms with Crippen LogP contribution in [0.4, 0.5) is 5.69 Å². The molecule has 0 amide bonds. The molecule has 0 atom stereocenters. The van der Waals surface area contributed by atoms with E-state index in [0.29, 0.717) is 5.56 Å². The highest BCUT2D eigenvalue weighted by atomic mass is 32.2. The maximum atomic E-state index is 11.2. The Labute approximate surface area is 96.2 Å². The molecule has 4 nitrogen and oxygen atoms in total. The lowest BCUT2D eigenvalue weighted by molar-refractivity contribution is 0.464. The minimum absolute atomic E-state index is 0.0725. The Kier molecular flexibility index (Phi) is 3.30. The zero-order valence-electron chi connectivity index (χ0n) is 9.61. The van der Waals surface area contributed by atoms with Crippen molar-refractivity contribution in [2.75, 3.05) is 0 Å². The molecule has 89 valence electrons. The van der Waals surface area contributed by atoms with Crippen molar-refractivity contribution in [2.24, 2.45) is 0 Å². The van der Waals surface area contributed by atoms with Crippen molar-refractivity contribution in [3.05, 3.63) is 23.8 Å². The van der Waals surface area contributed by atoms with E-state index < -0.39 is 10.1 Å². The lowest BCUT2D eigenvalue weighted by atomic mass is 9.82. The molecule has 0 bridgehead atoms. The Bertz CT molecular complexity index is 492. The van der Waals surface area contributed by atoms with Gasteiger partial charge >= 0.3 is 0 Å². The van der Waals surface area contributed by atoms with Crippen LogP contribution in [0, 0.1) is 0 Å². The zero-order valence-corrected chi connectivity index (χ0v) is 10.4. The van der Waals surface area contributed by atoms with Gasteiger partial charge in [-0.1, -0.05) is 26.8 Å². The van der Waals surface area contributed by atoms with E-state index in [0.717, 1.165) is 6.42 Å². The Hall–Kier alpha value is -1.07. The van der Waals surface area contributed by atoms with Gasteiger partial charge in [0.2, 0.25) is 0 Å². The smallest absolute Gasteiger partial charge is 0.294 e. The topological polar surface area (TPSA) is 78.2 Å². The molecular formula is C11H16NO3S. The highest BCUT2D eigenvalue weighted by Gasteiger charge is 2.26. The summed E-state index contributed by atoms with van der Waals surface area (Å²) in [4.78, 5) is -0.160. The van der Waals surface area contributed by atoms with Crippen LogP contribution in [0.3, 0.4) is 0 Å². The summed E-state index contributed by atoms with van der Waals surface area (Å²) in [6, 6.07) is 4.30. The molecule has 1 aromatic carbocycles. The van der Waals surface area contributed by atoms with Crippen LogP contribution in [0.5, 0.6) is 0 Å². The van der Waals surface area contributed by atoms with Crippen LogP contribution in [-0.2, 0) is 15.5 Å². The first kappa shape index (κ1) is 13.0. The van der Waals surface area contributed by atoms with Crippen LogP contribution < -0.4 is 5.73 Å². The fraction of sp³-hybridized carbons (Fsp3) is 0.455. The van der Waals surface area contributed by atoms with Crippen LogP contribution in [0.25, 0.3) is 0 Å². The molecule has 0 saturated heterocycles. The molecule has 0 saturated carbocycles. The van der Waals surface area contributed by atoms with Crippen molar-refractivity contribution in [1.29, 1.82) is 0 Å². The maximum absolute atomic E-state index is 11.2. The highest BCUT2D eigenvalue weighted by Crippen LogP contribution is 2.33. The molecule has 0 fully saturated rings. The average molecular weight is 242 g/mol. The third-order valence-corrected chi connectivity index (χ3v) is 3.77. The van der Waals surface area contributed by atoms with Crippen molar-refractivity contribution < 1.29 is 13.0 Å². The van der Waals surface area contributed by atoms with Crippen LogP contribution >= 0.6 is 0 Å². The summed E-state index contributed by atoms with van der Waals surface area (Å²) >= 11 is 0. The van der Waals surface area contributed by atoms with Gasteiger partial charge in [-0.2, -0.15) is 8.42 Å². The summed E-state index contributed by atoms with van der Waals surface area (Å²) < 4.78 is 31.6. The van der Waals surface area contributed by atoms with Crippen LogP contribution in [0.15, 0.2) is 23.1 Å². The first-order chi connectivity index (χ1) is 7.18. The maximum Gasteiger partial charge on any atom is 0.294 e. The predicted octanol–water partition coefficient (Wildman–Crippen LogP) is 2.54. The van der Waals surface area contributed by atoms with E-state index in [1.54, 1.807) is 6.07 Å². The molecular weight excluding hydrogens is 226 g/mol. The van der Waals surface area contributed by atoms with Crippen molar-refractivity contribution in [1.82, 2.24) is 5.73 Å². The summed E-state index contributed by atoms with van der Waals surface area (Å²) in [5.41, 5.74) is 7.67. The molecule has 0 heterocycles. The van der Waals surface area contributed by atoms with Crippen molar-refractivity contribution in [2.45, 2.75) is 37.5 Å². The monoisotopic (exact) mass is 242 g/mol. The molecule has 1 rings (SSSR count). The van der Waals surface area contributed by atoms with Crippen LogP contribution in [-0.4, -0.2) is 13.0 Å². The van der Waals surface area contributed by atoms with Gasteiger partial charge in [0.25, 0.3) is 10.1 Å².